The van der Waals surface area contributed by atoms with Crippen LogP contribution in [0, 0.1) is 35.1 Å². The Kier molecular flexibility index (Phi) is 9.21. The molecule has 2 unspecified atom stereocenters. The van der Waals surface area contributed by atoms with Crippen LogP contribution in [0.5, 0.6) is 5.75 Å². The number of amides is 3. The summed E-state index contributed by atoms with van der Waals surface area (Å²) in [4.78, 5) is 48.6. The average molecular weight is 491 g/mol. The Morgan fingerprint density at radius 2 is 1.79 bits per heavy atom. The van der Waals surface area contributed by atoms with E-state index in [1.54, 1.807) is 13.8 Å². The summed E-state index contributed by atoms with van der Waals surface area (Å²) in [5.74, 6) is -11.6. The summed E-state index contributed by atoms with van der Waals surface area (Å²) in [6.07, 6.45) is -2.35. The fourth-order valence-corrected chi connectivity index (χ4v) is 3.39. The van der Waals surface area contributed by atoms with Gasteiger partial charge in [-0.05, 0) is 25.2 Å². The van der Waals surface area contributed by atoms with Gasteiger partial charge in [0.25, 0.3) is 5.91 Å². The SMILES string of the molecule is CC(C)CC(OC(N)=O)C(=O)NC(C[C@@H]1CCNC1=O)C(=O)COc1c(F)c(F)cc(F)c1F. The Hall–Kier alpha value is -3.38. The number of halogens is 4. The van der Waals surface area contributed by atoms with E-state index in [0.717, 1.165) is 0 Å². The summed E-state index contributed by atoms with van der Waals surface area (Å²) < 4.78 is 63.9. The number of ether oxygens (including phenoxy) is 2. The van der Waals surface area contributed by atoms with E-state index in [2.05, 4.69) is 10.6 Å². The van der Waals surface area contributed by atoms with Gasteiger partial charge in [0.1, 0.15) is 6.61 Å². The van der Waals surface area contributed by atoms with E-state index < -0.39 is 71.5 Å². The van der Waals surface area contributed by atoms with Crippen molar-refractivity contribution in [3.63, 3.8) is 0 Å². The van der Waals surface area contributed by atoms with Crippen molar-refractivity contribution in [3.8, 4) is 5.75 Å². The first kappa shape index (κ1) is 26.9. The van der Waals surface area contributed by atoms with Gasteiger partial charge in [-0.3, -0.25) is 14.4 Å². The average Bonchev–Trinajstić information content (AvgIpc) is 3.14. The van der Waals surface area contributed by atoms with Crippen molar-refractivity contribution in [2.45, 2.75) is 45.3 Å². The van der Waals surface area contributed by atoms with Crippen LogP contribution in [0.15, 0.2) is 6.07 Å². The molecule has 0 radical (unpaired) electrons. The third-order valence-corrected chi connectivity index (χ3v) is 5.05. The first-order valence-electron chi connectivity index (χ1n) is 10.4. The number of Topliss-reactive ketones (excluding diaryl/α,β-unsaturated/α-hetero) is 1. The van der Waals surface area contributed by atoms with Crippen LogP contribution >= 0.6 is 0 Å². The summed E-state index contributed by atoms with van der Waals surface area (Å²) >= 11 is 0. The molecule has 4 N–H and O–H groups in total. The molecule has 0 aliphatic carbocycles. The summed E-state index contributed by atoms with van der Waals surface area (Å²) in [7, 11) is 0. The number of carbonyl (C=O) groups is 4. The van der Waals surface area contributed by atoms with Crippen LogP contribution in [0.25, 0.3) is 0 Å². The van der Waals surface area contributed by atoms with Crippen molar-refractivity contribution >= 4 is 23.7 Å². The Morgan fingerprint density at radius 3 is 2.29 bits per heavy atom. The van der Waals surface area contributed by atoms with Crippen LogP contribution < -0.4 is 21.1 Å². The molecule has 2 rings (SSSR count). The molecule has 0 aromatic heterocycles. The van der Waals surface area contributed by atoms with E-state index in [9.17, 15) is 36.7 Å². The fraction of sp³-hybridized carbons (Fsp3) is 0.524. The molecule has 13 heteroatoms. The van der Waals surface area contributed by atoms with Crippen molar-refractivity contribution < 1.29 is 46.2 Å². The van der Waals surface area contributed by atoms with Crippen LogP contribution in [0.2, 0.25) is 0 Å². The number of benzene rings is 1. The van der Waals surface area contributed by atoms with E-state index in [1.165, 1.54) is 0 Å². The Morgan fingerprint density at radius 1 is 1.18 bits per heavy atom. The van der Waals surface area contributed by atoms with Crippen molar-refractivity contribution in [2.24, 2.45) is 17.6 Å². The van der Waals surface area contributed by atoms with Crippen LogP contribution in [0.4, 0.5) is 22.4 Å². The third kappa shape index (κ3) is 7.06. The number of hydrogen-bond donors (Lipinski definition) is 3. The standard InChI is InChI=1S/C21H25F4N3O6/c1-9(2)5-15(34-21(26)32)20(31)28-13(6-10-3-4-27-19(10)30)14(29)8-33-18-16(24)11(22)7-12(23)17(18)25/h7,9-10,13,15H,3-6,8H2,1-2H3,(H2,26,32)(H,27,30)(H,28,31)/t10-,13?,15?/m0/s1. The van der Waals surface area contributed by atoms with Gasteiger partial charge in [0.2, 0.25) is 17.5 Å². The molecule has 1 aliphatic rings. The van der Waals surface area contributed by atoms with Gasteiger partial charge in [0.05, 0.1) is 6.04 Å². The van der Waals surface area contributed by atoms with Gasteiger partial charge in [-0.2, -0.15) is 8.78 Å². The normalized spacial score (nSPS) is 17.1. The maximum absolute atomic E-state index is 13.8. The molecule has 1 aromatic carbocycles. The Labute approximate surface area is 192 Å². The summed E-state index contributed by atoms with van der Waals surface area (Å²) in [5.41, 5.74) is 5.00. The lowest BCUT2D eigenvalue weighted by atomic mass is 9.95. The molecule has 1 aromatic rings. The minimum atomic E-state index is -1.84. The van der Waals surface area contributed by atoms with Gasteiger partial charge >= 0.3 is 6.09 Å². The lowest BCUT2D eigenvalue weighted by Crippen LogP contribution is -2.49. The highest BCUT2D eigenvalue weighted by molar-refractivity contribution is 5.92. The van der Waals surface area contributed by atoms with E-state index in [-0.39, 0.29) is 30.7 Å². The Balaban J connectivity index is 2.21. The molecule has 1 heterocycles. The summed E-state index contributed by atoms with van der Waals surface area (Å²) in [6.45, 7) is 2.74. The first-order chi connectivity index (χ1) is 15.9. The lowest BCUT2D eigenvalue weighted by molar-refractivity contribution is -0.135. The number of rotatable bonds is 11. The summed E-state index contributed by atoms with van der Waals surface area (Å²) in [5, 5.41) is 4.91. The number of hydrogen-bond acceptors (Lipinski definition) is 6. The number of ketones is 1. The molecule has 188 valence electrons. The maximum Gasteiger partial charge on any atom is 0.405 e. The molecule has 0 spiro atoms. The van der Waals surface area contributed by atoms with Gasteiger partial charge in [0, 0.05) is 18.5 Å². The monoisotopic (exact) mass is 491 g/mol. The largest absolute Gasteiger partial charge is 0.479 e. The van der Waals surface area contributed by atoms with Crippen LogP contribution in [-0.2, 0) is 19.1 Å². The van der Waals surface area contributed by atoms with E-state index >= 15 is 0 Å². The van der Waals surface area contributed by atoms with Gasteiger partial charge in [-0.15, -0.1) is 0 Å². The van der Waals surface area contributed by atoms with Crippen LogP contribution in [0.1, 0.15) is 33.1 Å². The molecule has 0 bridgehead atoms. The van der Waals surface area contributed by atoms with Crippen molar-refractivity contribution in [1.29, 1.82) is 0 Å². The summed E-state index contributed by atoms with van der Waals surface area (Å²) in [6, 6.07) is -1.42. The number of nitrogens with two attached hydrogens (primary N) is 1. The molecule has 34 heavy (non-hydrogen) atoms. The third-order valence-electron chi connectivity index (χ3n) is 5.05. The lowest BCUT2D eigenvalue weighted by Gasteiger charge is -2.24. The quantitative estimate of drug-likeness (QED) is 0.319. The number of carbonyl (C=O) groups excluding carboxylic acids is 4. The van der Waals surface area contributed by atoms with Crippen molar-refractivity contribution in [2.75, 3.05) is 13.2 Å². The van der Waals surface area contributed by atoms with Gasteiger partial charge in [0.15, 0.2) is 29.3 Å². The van der Waals surface area contributed by atoms with E-state index in [4.69, 9.17) is 15.2 Å². The highest BCUT2D eigenvalue weighted by atomic mass is 19.2. The second-order valence-electron chi connectivity index (χ2n) is 8.18. The molecular formula is C21H25F4N3O6. The molecular weight excluding hydrogens is 466 g/mol. The molecule has 1 aliphatic heterocycles. The molecule has 1 saturated heterocycles. The minimum Gasteiger partial charge on any atom is -0.479 e. The van der Waals surface area contributed by atoms with Crippen LogP contribution in [0.3, 0.4) is 0 Å². The first-order valence-corrected chi connectivity index (χ1v) is 10.4. The van der Waals surface area contributed by atoms with Crippen molar-refractivity contribution in [3.05, 3.63) is 29.3 Å². The molecule has 0 saturated carbocycles. The van der Waals surface area contributed by atoms with Gasteiger partial charge < -0.3 is 25.8 Å². The minimum absolute atomic E-state index is 0.0192. The number of nitrogens with one attached hydrogen (secondary N) is 2. The van der Waals surface area contributed by atoms with E-state index in [0.29, 0.717) is 13.0 Å². The predicted octanol–water partition coefficient (Wildman–Crippen LogP) is 1.71. The smallest absolute Gasteiger partial charge is 0.405 e. The highest BCUT2D eigenvalue weighted by Crippen LogP contribution is 2.26. The maximum atomic E-state index is 13.8. The zero-order valence-corrected chi connectivity index (χ0v) is 18.5. The highest BCUT2D eigenvalue weighted by Gasteiger charge is 2.34. The van der Waals surface area contributed by atoms with Crippen LogP contribution in [-0.4, -0.2) is 49.0 Å². The van der Waals surface area contributed by atoms with Gasteiger partial charge in [-0.25, -0.2) is 13.6 Å². The van der Waals surface area contributed by atoms with Crippen molar-refractivity contribution in [1.82, 2.24) is 10.6 Å². The zero-order valence-electron chi connectivity index (χ0n) is 18.5. The molecule has 3 atom stereocenters. The second-order valence-corrected chi connectivity index (χ2v) is 8.18. The molecule has 1 fully saturated rings. The fourth-order valence-electron chi connectivity index (χ4n) is 3.39. The second kappa shape index (κ2) is 11.7. The van der Waals surface area contributed by atoms with E-state index in [1.807, 2.05) is 0 Å². The Bertz CT molecular complexity index is 933. The predicted molar refractivity (Wildman–Crippen MR) is 108 cm³/mol. The molecule has 9 nitrogen and oxygen atoms in total. The van der Waals surface area contributed by atoms with Gasteiger partial charge in [-0.1, -0.05) is 13.8 Å². The molecule has 3 amide bonds. The number of primary amides is 1. The zero-order chi connectivity index (χ0) is 25.6. The topological polar surface area (TPSA) is 137 Å².